The number of hydrogen-bond donors (Lipinski definition) is 2. The average Bonchev–Trinajstić information content (AvgIpc) is 2.88. The molecule has 9 nitrogen and oxygen atoms in total. The van der Waals surface area contributed by atoms with Gasteiger partial charge in [-0.25, -0.2) is 4.79 Å². The van der Waals surface area contributed by atoms with E-state index in [2.05, 4.69) is 31.4 Å². The molecule has 1 aliphatic carbocycles. The van der Waals surface area contributed by atoms with Gasteiger partial charge in [0.1, 0.15) is 12.1 Å². The van der Waals surface area contributed by atoms with Crippen LogP contribution in [0.2, 0.25) is 0 Å². The molecule has 0 atom stereocenters. The Bertz CT molecular complexity index is 739. The van der Waals surface area contributed by atoms with Crippen molar-refractivity contribution in [2.75, 3.05) is 45.8 Å². The Kier molecular flexibility index (Phi) is 7.47. The summed E-state index contributed by atoms with van der Waals surface area (Å²) in [4.78, 5) is 55.5. The van der Waals surface area contributed by atoms with Crippen LogP contribution >= 0.6 is 0 Å². The van der Waals surface area contributed by atoms with Crippen molar-refractivity contribution in [1.82, 2.24) is 25.3 Å². The number of hydrogen-bond acceptors (Lipinski definition) is 5. The predicted molar refractivity (Wildman–Crippen MR) is 121 cm³/mol. The van der Waals surface area contributed by atoms with Crippen molar-refractivity contribution < 1.29 is 19.2 Å². The maximum absolute atomic E-state index is 13.2. The summed E-state index contributed by atoms with van der Waals surface area (Å²) < 4.78 is 0. The van der Waals surface area contributed by atoms with Crippen LogP contribution in [-0.4, -0.2) is 89.8 Å². The van der Waals surface area contributed by atoms with E-state index >= 15 is 0 Å². The first-order chi connectivity index (χ1) is 15.1. The zero-order valence-corrected chi connectivity index (χ0v) is 20.0. The highest BCUT2D eigenvalue weighted by Crippen LogP contribution is 2.43. The molecule has 180 valence electrons. The molecule has 2 aliphatic heterocycles. The molecule has 0 radical (unpaired) electrons. The summed E-state index contributed by atoms with van der Waals surface area (Å²) in [5.74, 6) is 0.0377. The van der Waals surface area contributed by atoms with Gasteiger partial charge in [-0.3, -0.25) is 24.2 Å². The summed E-state index contributed by atoms with van der Waals surface area (Å²) >= 11 is 0. The maximum Gasteiger partial charge on any atom is 0.325 e. The first-order valence-corrected chi connectivity index (χ1v) is 12.0. The minimum atomic E-state index is -0.846. The van der Waals surface area contributed by atoms with E-state index in [4.69, 9.17) is 0 Å². The third-order valence-corrected chi connectivity index (χ3v) is 7.29. The SMILES string of the molecule is CCNC(=O)CN1CCCN(C(=O)CN2C(=O)NC3(CCC(C(C)(C)C)CC3)C2=O)CC1. The quantitative estimate of drug-likeness (QED) is 0.614. The van der Waals surface area contributed by atoms with Gasteiger partial charge in [0.05, 0.1) is 6.54 Å². The number of carbonyl (C=O) groups is 4. The zero-order valence-electron chi connectivity index (χ0n) is 20.0. The van der Waals surface area contributed by atoms with Crippen LogP contribution in [0.15, 0.2) is 0 Å². The van der Waals surface area contributed by atoms with Gasteiger partial charge in [0.25, 0.3) is 5.91 Å². The monoisotopic (exact) mass is 449 g/mol. The molecule has 2 saturated heterocycles. The lowest BCUT2D eigenvalue weighted by Crippen LogP contribution is -2.51. The van der Waals surface area contributed by atoms with E-state index in [1.807, 2.05) is 11.8 Å². The predicted octanol–water partition coefficient (Wildman–Crippen LogP) is 1.18. The highest BCUT2D eigenvalue weighted by molar-refractivity contribution is 6.09. The first-order valence-electron chi connectivity index (χ1n) is 12.0. The molecular formula is C23H39N5O4. The summed E-state index contributed by atoms with van der Waals surface area (Å²) in [6.45, 7) is 11.6. The Balaban J connectivity index is 1.54. The smallest absolute Gasteiger partial charge is 0.325 e. The number of urea groups is 1. The first kappa shape index (κ1) is 24.5. The van der Waals surface area contributed by atoms with Crippen LogP contribution in [0.1, 0.15) is 59.8 Å². The summed E-state index contributed by atoms with van der Waals surface area (Å²) in [6.07, 6.45) is 3.80. The Hall–Kier alpha value is -2.16. The van der Waals surface area contributed by atoms with Crippen LogP contribution < -0.4 is 10.6 Å². The van der Waals surface area contributed by atoms with Gasteiger partial charge in [0.2, 0.25) is 11.8 Å². The third-order valence-electron chi connectivity index (χ3n) is 7.29. The van der Waals surface area contributed by atoms with Gasteiger partial charge >= 0.3 is 6.03 Å². The third kappa shape index (κ3) is 5.42. The van der Waals surface area contributed by atoms with Crippen molar-refractivity contribution in [2.24, 2.45) is 11.3 Å². The molecule has 3 aliphatic rings. The van der Waals surface area contributed by atoms with E-state index in [9.17, 15) is 19.2 Å². The number of likely N-dealkylation sites (N-methyl/N-ethyl adjacent to an activating group) is 1. The molecular weight excluding hydrogens is 410 g/mol. The molecule has 3 rings (SSSR count). The standard InChI is InChI=1S/C23H39N5O4/c1-5-24-18(29)15-26-11-6-12-27(14-13-26)19(30)16-28-20(31)23(25-21(28)32)9-7-17(8-10-23)22(2,3)4/h17H,5-16H2,1-4H3,(H,24,29)(H,25,32). The van der Waals surface area contributed by atoms with Crippen molar-refractivity contribution in [3.63, 3.8) is 0 Å². The van der Waals surface area contributed by atoms with E-state index in [1.165, 1.54) is 0 Å². The second-order valence-corrected chi connectivity index (χ2v) is 10.5. The lowest BCUT2D eigenvalue weighted by atomic mass is 9.67. The van der Waals surface area contributed by atoms with Crippen LogP contribution in [0, 0.1) is 11.3 Å². The van der Waals surface area contributed by atoms with Crippen molar-refractivity contribution in [3.05, 3.63) is 0 Å². The molecule has 0 bridgehead atoms. The Morgan fingerprint density at radius 2 is 1.75 bits per heavy atom. The minimum Gasteiger partial charge on any atom is -0.355 e. The van der Waals surface area contributed by atoms with Gasteiger partial charge in [-0.2, -0.15) is 0 Å². The zero-order chi connectivity index (χ0) is 23.5. The molecule has 3 fully saturated rings. The Labute approximate surface area is 191 Å². The number of nitrogens with one attached hydrogen (secondary N) is 2. The highest BCUT2D eigenvalue weighted by atomic mass is 16.2. The molecule has 1 saturated carbocycles. The van der Waals surface area contributed by atoms with Crippen molar-refractivity contribution in [2.45, 2.75) is 65.3 Å². The lowest BCUT2D eigenvalue weighted by molar-refractivity contribution is -0.139. The van der Waals surface area contributed by atoms with E-state index in [-0.39, 0.29) is 29.7 Å². The van der Waals surface area contributed by atoms with Crippen LogP contribution in [0.3, 0.4) is 0 Å². The van der Waals surface area contributed by atoms with E-state index in [0.29, 0.717) is 51.5 Å². The van der Waals surface area contributed by atoms with Crippen LogP contribution in [-0.2, 0) is 14.4 Å². The second kappa shape index (κ2) is 9.77. The number of rotatable bonds is 5. The van der Waals surface area contributed by atoms with Crippen molar-refractivity contribution in [1.29, 1.82) is 0 Å². The van der Waals surface area contributed by atoms with Gasteiger partial charge < -0.3 is 15.5 Å². The van der Waals surface area contributed by atoms with Crippen molar-refractivity contribution >= 4 is 23.8 Å². The second-order valence-electron chi connectivity index (χ2n) is 10.5. The fourth-order valence-corrected chi connectivity index (χ4v) is 5.21. The fraction of sp³-hybridized carbons (Fsp3) is 0.826. The number of nitrogens with zero attached hydrogens (tertiary/aromatic N) is 3. The van der Waals surface area contributed by atoms with Gasteiger partial charge in [-0.05, 0) is 50.4 Å². The van der Waals surface area contributed by atoms with E-state index < -0.39 is 11.6 Å². The molecule has 2 N–H and O–H groups in total. The molecule has 2 heterocycles. The summed E-state index contributed by atoms with van der Waals surface area (Å²) in [5, 5.41) is 5.71. The molecule has 0 aromatic heterocycles. The highest BCUT2D eigenvalue weighted by Gasteiger charge is 2.53. The normalized spacial score (nSPS) is 27.4. The maximum atomic E-state index is 13.2. The molecule has 1 spiro atoms. The van der Waals surface area contributed by atoms with Gasteiger partial charge in [0, 0.05) is 32.7 Å². The van der Waals surface area contributed by atoms with E-state index in [0.717, 1.165) is 30.7 Å². The van der Waals surface area contributed by atoms with Gasteiger partial charge in [-0.1, -0.05) is 20.8 Å². The molecule has 5 amide bonds. The number of imide groups is 1. The molecule has 32 heavy (non-hydrogen) atoms. The molecule has 9 heteroatoms. The van der Waals surface area contributed by atoms with E-state index in [1.54, 1.807) is 4.90 Å². The minimum absolute atomic E-state index is 0.0157. The van der Waals surface area contributed by atoms with Gasteiger partial charge in [0.15, 0.2) is 0 Å². The lowest BCUT2D eigenvalue weighted by Gasteiger charge is -2.40. The van der Waals surface area contributed by atoms with Crippen LogP contribution in [0.4, 0.5) is 4.79 Å². The number of amides is 5. The molecule has 0 aromatic rings. The average molecular weight is 450 g/mol. The van der Waals surface area contributed by atoms with Gasteiger partial charge in [-0.15, -0.1) is 0 Å². The topological polar surface area (TPSA) is 102 Å². The van der Waals surface area contributed by atoms with Crippen LogP contribution in [0.5, 0.6) is 0 Å². The summed E-state index contributed by atoms with van der Waals surface area (Å²) in [7, 11) is 0. The van der Waals surface area contributed by atoms with Crippen LogP contribution in [0.25, 0.3) is 0 Å². The Morgan fingerprint density at radius 3 is 2.38 bits per heavy atom. The largest absolute Gasteiger partial charge is 0.355 e. The Morgan fingerprint density at radius 1 is 1.06 bits per heavy atom. The summed E-state index contributed by atoms with van der Waals surface area (Å²) in [5.41, 5.74) is -0.665. The molecule has 0 unspecified atom stereocenters. The fourth-order valence-electron chi connectivity index (χ4n) is 5.21. The van der Waals surface area contributed by atoms with Crippen molar-refractivity contribution in [3.8, 4) is 0 Å². The molecule has 0 aromatic carbocycles. The number of carbonyl (C=O) groups excluding carboxylic acids is 4. The summed E-state index contributed by atoms with van der Waals surface area (Å²) in [6, 6.07) is -0.453.